The van der Waals surface area contributed by atoms with E-state index in [1.165, 1.54) is 25.3 Å². The molecule has 1 aliphatic heterocycles. The Labute approximate surface area is 284 Å². The molecule has 1 heterocycles. The van der Waals surface area contributed by atoms with E-state index in [0.29, 0.717) is 54.1 Å². The standard InChI is InChI=1S/C34H41N5O10/c1-22-29(32(41)46-3)31(24-11-8-12-26(18-24)39(44)45)30(23(2)38-22)33(42)47-16-7-6-15-37-34(43)48-17-9-14-36-20-27(40)21-49-28-13-5-4-10-25(28)19-35/h4-5,8,10-13,18,27,31,36,38,40H,6-7,9,14-17,20-21H2,1-3H3,(H,37,43). The number of nitro groups is 1. The van der Waals surface area contributed by atoms with Crippen LogP contribution >= 0.6 is 0 Å². The highest BCUT2D eigenvalue weighted by atomic mass is 16.6. The quantitative estimate of drug-likeness (QED) is 0.0586. The highest BCUT2D eigenvalue weighted by Crippen LogP contribution is 2.40. The van der Waals surface area contributed by atoms with Crippen LogP contribution in [0.15, 0.2) is 71.1 Å². The van der Waals surface area contributed by atoms with Crippen LogP contribution in [0.25, 0.3) is 0 Å². The summed E-state index contributed by atoms with van der Waals surface area (Å²) in [5, 5.41) is 39.3. The Hall–Kier alpha value is -5.46. The molecule has 0 radical (unpaired) electrons. The zero-order valence-corrected chi connectivity index (χ0v) is 27.7. The van der Waals surface area contributed by atoms with Crippen molar-refractivity contribution in [3.8, 4) is 11.8 Å². The van der Waals surface area contributed by atoms with Crippen molar-refractivity contribution in [3.05, 3.63) is 92.3 Å². The van der Waals surface area contributed by atoms with Gasteiger partial charge in [0, 0.05) is 36.6 Å². The fourth-order valence-corrected chi connectivity index (χ4v) is 5.07. The third-order valence-electron chi connectivity index (χ3n) is 7.42. The van der Waals surface area contributed by atoms with E-state index >= 15 is 0 Å². The summed E-state index contributed by atoms with van der Waals surface area (Å²) in [7, 11) is 1.21. The van der Waals surface area contributed by atoms with Gasteiger partial charge in [0.05, 0.1) is 47.9 Å². The number of nitriles is 1. The summed E-state index contributed by atoms with van der Waals surface area (Å²) in [4.78, 5) is 48.9. The summed E-state index contributed by atoms with van der Waals surface area (Å²) in [6, 6.07) is 14.5. The van der Waals surface area contributed by atoms with Crippen molar-refractivity contribution in [2.45, 2.75) is 45.1 Å². The SMILES string of the molecule is COC(=O)C1=C(C)NC(C)=C(C(=O)OCCCCNC(=O)OCCCNCC(O)COc2ccccc2C#N)C1c1cccc([N+](=O)[O-])c1. The molecule has 0 aromatic heterocycles. The van der Waals surface area contributed by atoms with Crippen molar-refractivity contribution >= 4 is 23.7 Å². The second-order valence-corrected chi connectivity index (χ2v) is 11.0. The Kier molecular flexibility index (Phi) is 15.0. The Balaban J connectivity index is 1.36. The van der Waals surface area contributed by atoms with Crippen molar-refractivity contribution < 1.29 is 43.4 Å². The van der Waals surface area contributed by atoms with Crippen molar-refractivity contribution in [1.29, 1.82) is 5.26 Å². The number of para-hydroxylation sites is 1. The molecule has 2 aromatic carbocycles. The number of esters is 2. The number of allylic oxidation sites excluding steroid dienone is 2. The molecule has 2 unspecified atom stereocenters. The predicted molar refractivity (Wildman–Crippen MR) is 176 cm³/mol. The molecule has 15 heteroatoms. The molecule has 1 amide bonds. The van der Waals surface area contributed by atoms with Gasteiger partial charge in [-0.25, -0.2) is 14.4 Å². The molecule has 1 aliphatic rings. The molecule has 262 valence electrons. The fraction of sp³-hybridized carbons (Fsp3) is 0.412. The van der Waals surface area contributed by atoms with Crippen molar-refractivity contribution in [3.63, 3.8) is 0 Å². The second kappa shape index (κ2) is 19.4. The number of unbranched alkanes of at least 4 members (excludes halogenated alkanes) is 1. The van der Waals surface area contributed by atoms with Gasteiger partial charge in [-0.3, -0.25) is 10.1 Å². The van der Waals surface area contributed by atoms with E-state index in [4.69, 9.17) is 24.2 Å². The monoisotopic (exact) mass is 679 g/mol. The second-order valence-electron chi connectivity index (χ2n) is 11.0. The number of carbonyl (C=O) groups is 3. The summed E-state index contributed by atoms with van der Waals surface area (Å²) < 4.78 is 21.1. The minimum Gasteiger partial charge on any atom is -0.489 e. The number of non-ortho nitro benzene ring substituents is 1. The lowest BCUT2D eigenvalue weighted by atomic mass is 9.80. The maximum absolute atomic E-state index is 13.3. The van der Waals surface area contributed by atoms with Gasteiger partial charge in [0.1, 0.15) is 24.5 Å². The molecule has 15 nitrogen and oxygen atoms in total. The number of dihydropyridines is 1. The Morgan fingerprint density at radius 1 is 1.00 bits per heavy atom. The van der Waals surface area contributed by atoms with Crippen LogP contribution in [0.2, 0.25) is 0 Å². The van der Waals surface area contributed by atoms with E-state index in [-0.39, 0.29) is 49.7 Å². The lowest BCUT2D eigenvalue weighted by Gasteiger charge is -2.30. The lowest BCUT2D eigenvalue weighted by molar-refractivity contribution is -0.384. The summed E-state index contributed by atoms with van der Waals surface area (Å²) in [5.74, 6) is -1.93. The number of rotatable bonds is 18. The number of carbonyl (C=O) groups excluding carboxylic acids is 3. The van der Waals surface area contributed by atoms with Gasteiger partial charge in [0.25, 0.3) is 5.69 Å². The zero-order valence-electron chi connectivity index (χ0n) is 27.7. The molecule has 0 fully saturated rings. The molecule has 0 saturated heterocycles. The van der Waals surface area contributed by atoms with E-state index in [1.54, 1.807) is 44.2 Å². The highest BCUT2D eigenvalue weighted by molar-refractivity contribution is 5.99. The zero-order chi connectivity index (χ0) is 35.8. The van der Waals surface area contributed by atoms with Crippen LogP contribution in [-0.2, 0) is 23.8 Å². The molecule has 2 atom stereocenters. The third-order valence-corrected chi connectivity index (χ3v) is 7.42. The van der Waals surface area contributed by atoms with Gasteiger partial charge in [-0.1, -0.05) is 24.3 Å². The number of hydrogen-bond acceptors (Lipinski definition) is 13. The summed E-state index contributed by atoms with van der Waals surface area (Å²) in [6.07, 6.45) is 0.0437. The number of nitrogens with one attached hydrogen (secondary N) is 3. The molecule has 0 saturated carbocycles. The predicted octanol–water partition coefficient (Wildman–Crippen LogP) is 3.34. The number of benzene rings is 2. The van der Waals surface area contributed by atoms with E-state index in [0.717, 1.165) is 0 Å². The molecule has 49 heavy (non-hydrogen) atoms. The molecule has 0 aliphatic carbocycles. The molecule has 2 aromatic rings. The Morgan fingerprint density at radius 3 is 2.43 bits per heavy atom. The largest absolute Gasteiger partial charge is 0.489 e. The third kappa shape index (κ3) is 11.3. The number of nitro benzene ring substituents is 1. The van der Waals surface area contributed by atoms with E-state index in [9.17, 15) is 29.6 Å². The fourth-order valence-electron chi connectivity index (χ4n) is 5.07. The van der Waals surface area contributed by atoms with Crippen LogP contribution < -0.4 is 20.7 Å². The first-order valence-electron chi connectivity index (χ1n) is 15.7. The maximum atomic E-state index is 13.3. The van der Waals surface area contributed by atoms with Crippen LogP contribution in [0.5, 0.6) is 5.75 Å². The first kappa shape index (κ1) is 38.0. The van der Waals surface area contributed by atoms with Gasteiger partial charge in [-0.05, 0) is 57.4 Å². The molecular weight excluding hydrogens is 638 g/mol. The Morgan fingerprint density at radius 2 is 1.71 bits per heavy atom. The highest BCUT2D eigenvalue weighted by Gasteiger charge is 2.38. The first-order chi connectivity index (χ1) is 23.6. The average Bonchev–Trinajstić information content (AvgIpc) is 3.09. The van der Waals surface area contributed by atoms with Gasteiger partial charge in [0.15, 0.2) is 0 Å². The summed E-state index contributed by atoms with van der Waals surface area (Å²) in [5.41, 5.74) is 1.72. The van der Waals surface area contributed by atoms with Gasteiger partial charge >= 0.3 is 18.0 Å². The minimum absolute atomic E-state index is 0.0207. The number of ether oxygens (including phenoxy) is 4. The van der Waals surface area contributed by atoms with Gasteiger partial charge in [0.2, 0.25) is 0 Å². The number of amides is 1. The number of methoxy groups -OCH3 is 1. The number of hydrogen-bond donors (Lipinski definition) is 4. The first-order valence-corrected chi connectivity index (χ1v) is 15.7. The summed E-state index contributed by atoms with van der Waals surface area (Å²) >= 11 is 0. The molecular formula is C34H41N5O10. The molecule has 0 spiro atoms. The van der Waals surface area contributed by atoms with Crippen LogP contribution in [0.4, 0.5) is 10.5 Å². The maximum Gasteiger partial charge on any atom is 0.407 e. The van der Waals surface area contributed by atoms with Crippen LogP contribution in [0, 0.1) is 21.4 Å². The van der Waals surface area contributed by atoms with Gasteiger partial charge < -0.3 is 40.0 Å². The van der Waals surface area contributed by atoms with E-state index in [1.807, 2.05) is 6.07 Å². The van der Waals surface area contributed by atoms with Crippen molar-refractivity contribution in [2.24, 2.45) is 0 Å². The number of alkyl carbamates (subject to hydrolysis) is 1. The molecule has 0 bridgehead atoms. The van der Waals surface area contributed by atoms with E-state index in [2.05, 4.69) is 16.0 Å². The topological polar surface area (TPSA) is 211 Å². The van der Waals surface area contributed by atoms with Crippen LogP contribution in [0.3, 0.4) is 0 Å². The molecule has 4 N–H and O–H groups in total. The van der Waals surface area contributed by atoms with Crippen LogP contribution in [-0.4, -0.2) is 80.7 Å². The van der Waals surface area contributed by atoms with Crippen LogP contribution in [0.1, 0.15) is 50.2 Å². The van der Waals surface area contributed by atoms with Crippen molar-refractivity contribution in [2.75, 3.05) is 46.6 Å². The average molecular weight is 680 g/mol. The smallest absolute Gasteiger partial charge is 0.407 e. The van der Waals surface area contributed by atoms with Gasteiger partial charge in [-0.2, -0.15) is 5.26 Å². The summed E-state index contributed by atoms with van der Waals surface area (Å²) in [6.45, 7) is 4.55. The number of aliphatic hydroxyl groups excluding tert-OH is 1. The molecule has 3 rings (SSSR count). The number of aliphatic hydroxyl groups is 1. The number of nitrogens with zero attached hydrogens (tertiary/aromatic N) is 2. The van der Waals surface area contributed by atoms with Gasteiger partial charge in [-0.15, -0.1) is 0 Å². The van der Waals surface area contributed by atoms with Crippen molar-refractivity contribution in [1.82, 2.24) is 16.0 Å². The minimum atomic E-state index is -0.954. The van der Waals surface area contributed by atoms with E-state index < -0.39 is 35.0 Å². The Bertz CT molecular complexity index is 1600. The normalized spacial score (nSPS) is 14.6. The lowest BCUT2D eigenvalue weighted by Crippen LogP contribution is -2.33.